The molecule has 24 heavy (non-hydrogen) atoms. The number of ether oxygens (including phenoxy) is 1. The molecule has 0 unspecified atom stereocenters. The van der Waals surface area contributed by atoms with Gasteiger partial charge in [0.05, 0.1) is 0 Å². The summed E-state index contributed by atoms with van der Waals surface area (Å²) < 4.78 is 13.7. The van der Waals surface area contributed by atoms with Crippen molar-refractivity contribution in [3.8, 4) is 0 Å². The van der Waals surface area contributed by atoms with Crippen LogP contribution in [0, 0.1) is 0 Å². The fourth-order valence-corrected chi connectivity index (χ4v) is 6.97. The van der Waals surface area contributed by atoms with E-state index in [1.54, 1.807) is 6.07 Å². The predicted octanol–water partition coefficient (Wildman–Crippen LogP) is 4.12. The number of allylic oxidation sites excluding steroid dienone is 2. The minimum atomic E-state index is -0.673. The third kappa shape index (κ3) is 2.41. The molecule has 2 heterocycles. The number of esters is 1. The van der Waals surface area contributed by atoms with Crippen molar-refractivity contribution >= 4 is 62.6 Å². The van der Waals surface area contributed by atoms with E-state index in [2.05, 4.69) is 26.7 Å². The third-order valence-corrected chi connectivity index (χ3v) is 8.33. The van der Waals surface area contributed by atoms with E-state index in [0.29, 0.717) is 5.58 Å². The minimum absolute atomic E-state index is 0.0683. The summed E-state index contributed by atoms with van der Waals surface area (Å²) in [5.41, 5.74) is 1.26. The molecular formula is C18H13BrO4Se. The Labute approximate surface area is 152 Å². The van der Waals surface area contributed by atoms with Gasteiger partial charge in [0.1, 0.15) is 0 Å². The molecule has 6 heteroatoms. The normalized spacial score (nSPS) is 14.3. The van der Waals surface area contributed by atoms with Gasteiger partial charge in [-0.05, 0) is 0 Å². The SMILES string of the molecule is COC(=O)c1cc2ccc3c(Br)c(C4=CCCC4)[se]c3c2oc1=O. The van der Waals surface area contributed by atoms with Crippen LogP contribution in [-0.2, 0) is 4.74 Å². The van der Waals surface area contributed by atoms with Gasteiger partial charge in [0, 0.05) is 0 Å². The standard InChI is InChI=1S/C18H13BrO4Se/c1-22-17(20)12-8-10-6-7-11-13(19)15(9-4-2-3-5-9)24-16(11)14(10)23-18(12)21/h4,6-8H,2-3,5H2,1H3. The number of hydrogen-bond acceptors (Lipinski definition) is 4. The fourth-order valence-electron chi connectivity index (χ4n) is 3.04. The summed E-state index contributed by atoms with van der Waals surface area (Å²) >= 11 is 3.80. The van der Waals surface area contributed by atoms with Crippen molar-refractivity contribution in [1.29, 1.82) is 0 Å². The number of benzene rings is 1. The summed E-state index contributed by atoms with van der Waals surface area (Å²) in [5.74, 6) is -0.673. The van der Waals surface area contributed by atoms with Crippen molar-refractivity contribution in [3.05, 3.63) is 49.2 Å². The molecule has 2 aromatic heterocycles. The van der Waals surface area contributed by atoms with Gasteiger partial charge in [-0.25, -0.2) is 0 Å². The molecule has 0 N–H and O–H groups in total. The molecule has 1 aromatic carbocycles. The second-order valence-electron chi connectivity index (χ2n) is 5.67. The van der Waals surface area contributed by atoms with Gasteiger partial charge in [0.2, 0.25) is 0 Å². The maximum absolute atomic E-state index is 12.2. The Hall–Kier alpha value is -1.62. The summed E-state index contributed by atoms with van der Waals surface area (Å²) in [6, 6.07) is 5.46. The number of halogens is 1. The van der Waals surface area contributed by atoms with Crippen molar-refractivity contribution in [2.24, 2.45) is 0 Å². The Morgan fingerprint density at radius 1 is 1.38 bits per heavy atom. The number of rotatable bonds is 2. The number of carbonyl (C=O) groups excluding carboxylic acids is 1. The molecule has 0 bridgehead atoms. The first-order valence-electron chi connectivity index (χ1n) is 7.56. The van der Waals surface area contributed by atoms with Crippen LogP contribution >= 0.6 is 15.9 Å². The van der Waals surface area contributed by atoms with Crippen LogP contribution in [0.15, 0.2) is 38.0 Å². The third-order valence-electron chi connectivity index (χ3n) is 4.23. The first kappa shape index (κ1) is 15.9. The van der Waals surface area contributed by atoms with Gasteiger partial charge in [-0.1, -0.05) is 0 Å². The predicted molar refractivity (Wildman–Crippen MR) is 97.8 cm³/mol. The molecule has 0 atom stereocenters. The van der Waals surface area contributed by atoms with Crippen molar-refractivity contribution in [2.45, 2.75) is 19.3 Å². The second kappa shape index (κ2) is 6.03. The Balaban J connectivity index is 2.00. The van der Waals surface area contributed by atoms with Crippen LogP contribution in [0.1, 0.15) is 34.1 Å². The summed E-state index contributed by atoms with van der Waals surface area (Å²) in [4.78, 5) is 23.8. The van der Waals surface area contributed by atoms with Crippen LogP contribution in [0.4, 0.5) is 0 Å². The van der Waals surface area contributed by atoms with Crippen LogP contribution in [0.2, 0.25) is 0 Å². The molecule has 1 aliphatic rings. The molecule has 122 valence electrons. The van der Waals surface area contributed by atoms with E-state index in [1.807, 2.05) is 12.1 Å². The first-order valence-corrected chi connectivity index (χ1v) is 10.1. The molecule has 4 rings (SSSR count). The Morgan fingerprint density at radius 3 is 2.92 bits per heavy atom. The van der Waals surface area contributed by atoms with E-state index in [1.165, 1.54) is 23.5 Å². The van der Waals surface area contributed by atoms with E-state index in [9.17, 15) is 9.59 Å². The molecular weight excluding hydrogens is 439 g/mol. The molecule has 0 radical (unpaired) electrons. The molecule has 4 nitrogen and oxygen atoms in total. The number of fused-ring (bicyclic) bond motifs is 3. The van der Waals surface area contributed by atoms with Crippen molar-refractivity contribution < 1.29 is 13.9 Å². The van der Waals surface area contributed by atoms with Crippen molar-refractivity contribution in [1.82, 2.24) is 0 Å². The summed E-state index contributed by atoms with van der Waals surface area (Å²) in [5, 5.41) is 1.83. The molecule has 0 saturated heterocycles. The van der Waals surface area contributed by atoms with Crippen LogP contribution < -0.4 is 5.63 Å². The maximum atomic E-state index is 12.2. The van der Waals surface area contributed by atoms with Gasteiger partial charge in [-0.2, -0.15) is 0 Å². The zero-order valence-corrected chi connectivity index (χ0v) is 16.1. The van der Waals surface area contributed by atoms with Crippen LogP contribution in [0.5, 0.6) is 0 Å². The Bertz CT molecular complexity index is 1070. The molecule has 0 spiro atoms. The molecule has 3 aromatic rings. The van der Waals surface area contributed by atoms with Crippen LogP contribution in [0.25, 0.3) is 26.2 Å². The van der Waals surface area contributed by atoms with Gasteiger partial charge in [0.25, 0.3) is 0 Å². The monoisotopic (exact) mass is 452 g/mol. The zero-order valence-electron chi connectivity index (χ0n) is 12.8. The van der Waals surface area contributed by atoms with Crippen LogP contribution in [0.3, 0.4) is 0 Å². The molecule has 0 amide bonds. The van der Waals surface area contributed by atoms with Gasteiger partial charge < -0.3 is 0 Å². The topological polar surface area (TPSA) is 56.5 Å². The average molecular weight is 452 g/mol. The Morgan fingerprint density at radius 2 is 2.21 bits per heavy atom. The summed E-state index contributed by atoms with van der Waals surface area (Å²) in [7, 11) is 1.25. The quantitative estimate of drug-likeness (QED) is 0.334. The van der Waals surface area contributed by atoms with E-state index >= 15 is 0 Å². The summed E-state index contributed by atoms with van der Waals surface area (Å²) in [6.07, 6.45) is 5.74. The molecule has 0 saturated carbocycles. The van der Waals surface area contributed by atoms with Crippen molar-refractivity contribution in [3.63, 3.8) is 0 Å². The fraction of sp³-hybridized carbons (Fsp3) is 0.222. The van der Waals surface area contributed by atoms with Gasteiger partial charge >= 0.3 is 152 Å². The summed E-state index contributed by atoms with van der Waals surface area (Å²) in [6.45, 7) is 0. The van der Waals surface area contributed by atoms with E-state index < -0.39 is 11.6 Å². The first-order chi connectivity index (χ1) is 11.6. The van der Waals surface area contributed by atoms with Gasteiger partial charge in [-0.3, -0.25) is 0 Å². The average Bonchev–Trinajstić information content (AvgIpc) is 3.22. The van der Waals surface area contributed by atoms with Gasteiger partial charge in [0.15, 0.2) is 0 Å². The molecule has 0 fully saturated rings. The van der Waals surface area contributed by atoms with Crippen LogP contribution in [-0.4, -0.2) is 27.6 Å². The van der Waals surface area contributed by atoms with E-state index in [4.69, 9.17) is 4.42 Å². The zero-order chi connectivity index (χ0) is 16.8. The van der Waals surface area contributed by atoms with Crippen molar-refractivity contribution in [2.75, 3.05) is 7.11 Å². The molecule has 1 aliphatic carbocycles. The number of hydrogen-bond donors (Lipinski definition) is 0. The van der Waals surface area contributed by atoms with Gasteiger partial charge in [-0.15, -0.1) is 0 Å². The number of carbonyl (C=O) groups is 1. The Kier molecular flexibility index (Phi) is 3.99. The van der Waals surface area contributed by atoms with E-state index in [-0.39, 0.29) is 20.1 Å². The second-order valence-corrected chi connectivity index (χ2v) is 8.60. The van der Waals surface area contributed by atoms with E-state index in [0.717, 1.165) is 32.3 Å². The molecule has 0 aliphatic heterocycles. The number of methoxy groups -OCH3 is 1.